The summed E-state index contributed by atoms with van der Waals surface area (Å²) in [6.45, 7) is 0. The van der Waals surface area contributed by atoms with Crippen molar-refractivity contribution in [3.8, 4) is 0 Å². The van der Waals surface area contributed by atoms with Gasteiger partial charge in [0.1, 0.15) is 5.82 Å². The van der Waals surface area contributed by atoms with Crippen LogP contribution in [0, 0.1) is 29.2 Å². The lowest BCUT2D eigenvalue weighted by molar-refractivity contribution is -0.142. The van der Waals surface area contributed by atoms with E-state index in [4.69, 9.17) is 0 Å². The molecule has 154 valence electrons. The summed E-state index contributed by atoms with van der Waals surface area (Å²) >= 11 is 1.17. The Balaban J connectivity index is 1.74. The summed E-state index contributed by atoms with van der Waals surface area (Å²) in [5, 5.41) is 11.3. The van der Waals surface area contributed by atoms with Gasteiger partial charge < -0.3 is 10.4 Å². The average Bonchev–Trinajstić information content (AvgIpc) is 2.68. The molecular formula is C20H17F4NO3S. The number of halogens is 4. The first-order valence-corrected chi connectivity index (χ1v) is 9.77. The van der Waals surface area contributed by atoms with Crippen molar-refractivity contribution >= 4 is 29.3 Å². The molecule has 3 rings (SSSR count). The third kappa shape index (κ3) is 5.09. The molecule has 1 amide bonds. The fourth-order valence-corrected chi connectivity index (χ4v) is 4.57. The molecule has 1 saturated carbocycles. The summed E-state index contributed by atoms with van der Waals surface area (Å²) in [4.78, 5) is 23.7. The molecule has 1 fully saturated rings. The van der Waals surface area contributed by atoms with E-state index in [-0.39, 0.29) is 21.4 Å². The molecule has 9 heteroatoms. The molecule has 0 aromatic heterocycles. The van der Waals surface area contributed by atoms with Crippen LogP contribution in [-0.2, 0) is 4.79 Å². The first-order chi connectivity index (χ1) is 13.7. The third-order valence-electron chi connectivity index (χ3n) is 4.70. The molecule has 29 heavy (non-hydrogen) atoms. The Hall–Kier alpha value is -2.55. The predicted molar refractivity (Wildman–Crippen MR) is 99.9 cm³/mol. The Morgan fingerprint density at radius 3 is 2.34 bits per heavy atom. The van der Waals surface area contributed by atoms with Crippen molar-refractivity contribution in [1.82, 2.24) is 0 Å². The van der Waals surface area contributed by atoms with Crippen LogP contribution in [0.4, 0.5) is 23.2 Å². The summed E-state index contributed by atoms with van der Waals surface area (Å²) in [5.74, 6) is -7.17. The highest BCUT2D eigenvalue weighted by molar-refractivity contribution is 8.00. The van der Waals surface area contributed by atoms with Crippen LogP contribution in [0.5, 0.6) is 0 Å². The van der Waals surface area contributed by atoms with Crippen LogP contribution in [0.25, 0.3) is 0 Å². The van der Waals surface area contributed by atoms with Gasteiger partial charge in [-0.05, 0) is 37.5 Å². The van der Waals surface area contributed by atoms with E-state index in [1.807, 2.05) is 0 Å². The molecule has 2 atom stereocenters. The Labute approximate surface area is 168 Å². The third-order valence-corrected chi connectivity index (χ3v) is 6.03. The number of carboxylic acids is 1. The van der Waals surface area contributed by atoms with Gasteiger partial charge in [-0.25, -0.2) is 17.6 Å². The van der Waals surface area contributed by atoms with Crippen molar-refractivity contribution in [2.45, 2.75) is 35.8 Å². The lowest BCUT2D eigenvalue weighted by atomic mass is 9.89. The molecule has 0 radical (unpaired) electrons. The second-order valence-electron chi connectivity index (χ2n) is 6.79. The largest absolute Gasteiger partial charge is 0.481 e. The van der Waals surface area contributed by atoms with Gasteiger partial charge in [0, 0.05) is 33.5 Å². The van der Waals surface area contributed by atoms with Crippen molar-refractivity contribution in [3.63, 3.8) is 0 Å². The molecule has 0 bridgehead atoms. The number of anilines is 1. The number of hydrogen-bond donors (Lipinski definition) is 2. The van der Waals surface area contributed by atoms with Gasteiger partial charge in [-0.15, -0.1) is 11.8 Å². The van der Waals surface area contributed by atoms with Crippen LogP contribution in [0.1, 0.15) is 36.0 Å². The van der Waals surface area contributed by atoms with E-state index in [1.54, 1.807) is 0 Å². The van der Waals surface area contributed by atoms with Crippen LogP contribution < -0.4 is 5.32 Å². The number of hydrogen-bond acceptors (Lipinski definition) is 3. The first kappa shape index (κ1) is 21.2. The Kier molecular flexibility index (Phi) is 6.46. The number of thioether (sulfide) groups is 1. The summed E-state index contributed by atoms with van der Waals surface area (Å²) in [6.07, 6.45) is 2.45. The highest BCUT2D eigenvalue weighted by atomic mass is 32.2. The van der Waals surface area contributed by atoms with Gasteiger partial charge in [-0.3, -0.25) is 9.59 Å². The lowest BCUT2D eigenvalue weighted by Crippen LogP contribution is -2.24. The van der Waals surface area contributed by atoms with Crippen LogP contribution in [0.15, 0.2) is 35.2 Å². The molecule has 4 nitrogen and oxygen atoms in total. The van der Waals surface area contributed by atoms with Crippen LogP contribution in [-0.4, -0.2) is 22.2 Å². The minimum Gasteiger partial charge on any atom is -0.481 e. The van der Waals surface area contributed by atoms with Gasteiger partial charge in [-0.2, -0.15) is 0 Å². The maximum atomic E-state index is 14.2. The van der Waals surface area contributed by atoms with Crippen molar-refractivity contribution in [1.29, 1.82) is 0 Å². The zero-order valence-corrected chi connectivity index (χ0v) is 15.9. The Morgan fingerprint density at radius 1 is 1.00 bits per heavy atom. The van der Waals surface area contributed by atoms with Gasteiger partial charge in [0.2, 0.25) is 0 Å². The summed E-state index contributed by atoms with van der Waals surface area (Å²) < 4.78 is 53.8. The second kappa shape index (κ2) is 8.86. The average molecular weight is 427 g/mol. The topological polar surface area (TPSA) is 66.4 Å². The maximum absolute atomic E-state index is 14.2. The Morgan fingerprint density at radius 2 is 1.69 bits per heavy atom. The van der Waals surface area contributed by atoms with Gasteiger partial charge in [0.25, 0.3) is 5.91 Å². The van der Waals surface area contributed by atoms with E-state index in [0.29, 0.717) is 25.0 Å². The molecule has 0 saturated heterocycles. The van der Waals surface area contributed by atoms with Gasteiger partial charge in [0.15, 0.2) is 17.5 Å². The van der Waals surface area contributed by atoms with Crippen LogP contribution in [0.3, 0.4) is 0 Å². The minimum atomic E-state index is -1.64. The highest BCUT2D eigenvalue weighted by Gasteiger charge is 2.28. The number of amides is 1. The van der Waals surface area contributed by atoms with Gasteiger partial charge >= 0.3 is 5.97 Å². The molecule has 1 aliphatic rings. The molecule has 0 spiro atoms. The highest BCUT2D eigenvalue weighted by Crippen LogP contribution is 2.37. The fourth-order valence-electron chi connectivity index (χ4n) is 3.22. The van der Waals surface area contributed by atoms with E-state index >= 15 is 0 Å². The van der Waals surface area contributed by atoms with Gasteiger partial charge in [-0.1, -0.05) is 6.42 Å². The molecule has 0 unspecified atom stereocenters. The van der Waals surface area contributed by atoms with Crippen molar-refractivity contribution in [2.75, 3.05) is 5.32 Å². The number of aliphatic carboxylic acids is 1. The normalized spacial score (nSPS) is 19.0. The molecule has 1 aliphatic carbocycles. The molecule has 2 N–H and O–H groups in total. The van der Waals surface area contributed by atoms with Crippen LogP contribution >= 0.6 is 11.8 Å². The van der Waals surface area contributed by atoms with Gasteiger partial charge in [0.05, 0.1) is 5.92 Å². The number of carbonyl (C=O) groups excluding carboxylic acids is 1. The summed E-state index contributed by atoms with van der Waals surface area (Å²) in [6, 6.07) is 4.90. The maximum Gasteiger partial charge on any atom is 0.306 e. The Bertz CT molecular complexity index is 930. The van der Waals surface area contributed by atoms with Crippen molar-refractivity contribution in [3.05, 3.63) is 59.2 Å². The SMILES string of the molecule is O=C(Nc1cc(F)c(F)c(F)c1)c1ccc(F)c(S[C@H]2CCC[C@@H](C(=O)O)C2)c1. The minimum absolute atomic E-state index is 0.0460. The van der Waals surface area contributed by atoms with E-state index < -0.39 is 41.1 Å². The zero-order chi connectivity index (χ0) is 21.1. The number of carbonyl (C=O) groups is 2. The van der Waals surface area contributed by atoms with E-state index in [2.05, 4.69) is 5.32 Å². The number of benzene rings is 2. The van der Waals surface area contributed by atoms with E-state index in [1.165, 1.54) is 23.9 Å². The first-order valence-electron chi connectivity index (χ1n) is 8.89. The predicted octanol–water partition coefficient (Wildman–Crippen LogP) is 5.23. The lowest BCUT2D eigenvalue weighted by Gasteiger charge is -2.26. The van der Waals surface area contributed by atoms with Crippen LogP contribution in [0.2, 0.25) is 0 Å². The van der Waals surface area contributed by atoms with Crippen molar-refractivity contribution < 1.29 is 32.3 Å². The standard InChI is InChI=1S/C20H17F4NO3S/c21-14-5-4-10(19(26)25-12-8-15(22)18(24)16(23)9-12)7-17(14)29-13-3-1-2-11(6-13)20(27)28/h4-5,7-9,11,13H,1-3,6H2,(H,25,26)(H,27,28)/t11-,13+/m1/s1. The smallest absolute Gasteiger partial charge is 0.306 e. The second-order valence-corrected chi connectivity index (χ2v) is 8.14. The zero-order valence-electron chi connectivity index (χ0n) is 15.1. The van der Waals surface area contributed by atoms with Crippen molar-refractivity contribution in [2.24, 2.45) is 5.92 Å². The quantitative estimate of drug-likeness (QED) is 0.507. The molecule has 2 aromatic rings. The summed E-state index contributed by atoms with van der Waals surface area (Å²) in [7, 11) is 0. The van der Waals surface area contributed by atoms with E-state index in [0.717, 1.165) is 18.9 Å². The molecule has 0 aliphatic heterocycles. The number of nitrogens with one attached hydrogen (secondary N) is 1. The summed E-state index contributed by atoms with van der Waals surface area (Å²) in [5.41, 5.74) is -0.230. The monoisotopic (exact) mass is 427 g/mol. The molecule has 0 heterocycles. The fraction of sp³-hybridized carbons (Fsp3) is 0.300. The number of carboxylic acid groups (broad SMARTS) is 1. The molecule has 2 aromatic carbocycles. The number of rotatable bonds is 5. The molecular weight excluding hydrogens is 410 g/mol. The van der Waals surface area contributed by atoms with E-state index in [9.17, 15) is 32.3 Å².